The van der Waals surface area contributed by atoms with Crippen molar-refractivity contribution in [3.63, 3.8) is 0 Å². The summed E-state index contributed by atoms with van der Waals surface area (Å²) in [5.74, 6) is -0.704. The zero-order valence-corrected chi connectivity index (χ0v) is 15.0. The number of likely N-dealkylation sites (N-methyl/N-ethyl adjacent to an activating group) is 1. The fourth-order valence-corrected chi connectivity index (χ4v) is 3.10. The molecule has 0 aliphatic carbocycles. The summed E-state index contributed by atoms with van der Waals surface area (Å²) in [6, 6.07) is 9.56. The lowest BCUT2D eigenvalue weighted by atomic mass is 10.2. The highest BCUT2D eigenvalue weighted by Gasteiger charge is 2.18. The number of rotatable bonds is 7. The Labute approximate surface area is 156 Å². The van der Waals surface area contributed by atoms with Gasteiger partial charge in [0.2, 0.25) is 5.91 Å². The number of nitrogens with zero attached hydrogens (tertiary/aromatic N) is 3. The van der Waals surface area contributed by atoms with Crippen LogP contribution in [0.1, 0.15) is 5.56 Å². The second kappa shape index (κ2) is 8.12. The van der Waals surface area contributed by atoms with E-state index in [1.165, 1.54) is 32.9 Å². The van der Waals surface area contributed by atoms with E-state index in [1.807, 2.05) is 5.38 Å². The maximum absolute atomic E-state index is 12.5. The molecule has 0 aliphatic heterocycles. The molecule has 0 N–H and O–H groups in total. The number of ether oxygens (including phenoxy) is 1. The van der Waals surface area contributed by atoms with Crippen molar-refractivity contribution in [2.75, 3.05) is 7.05 Å². The third-order valence-corrected chi connectivity index (χ3v) is 4.58. The van der Waals surface area contributed by atoms with E-state index in [0.717, 1.165) is 5.56 Å². The van der Waals surface area contributed by atoms with Crippen LogP contribution < -0.4 is 10.5 Å². The Morgan fingerprint density at radius 1 is 1.33 bits per heavy atom. The monoisotopic (exact) mass is 395 g/mol. The molecule has 0 fully saturated rings. The SMILES string of the molecule is CN(Cc1ccc(OC(F)F)cc1)C(=O)Cn1c(-c2cccs2)noc1=O. The Morgan fingerprint density at radius 3 is 2.70 bits per heavy atom. The molecule has 2 heterocycles. The first-order chi connectivity index (χ1) is 12.9. The fraction of sp³-hybridized carbons (Fsp3) is 0.235. The van der Waals surface area contributed by atoms with Gasteiger partial charge in [-0.1, -0.05) is 23.4 Å². The van der Waals surface area contributed by atoms with Crippen LogP contribution in [0.25, 0.3) is 10.7 Å². The highest BCUT2D eigenvalue weighted by molar-refractivity contribution is 7.13. The zero-order chi connectivity index (χ0) is 19.4. The van der Waals surface area contributed by atoms with E-state index in [2.05, 4.69) is 14.4 Å². The molecule has 0 aliphatic rings. The normalized spacial score (nSPS) is 11.0. The molecule has 0 atom stereocenters. The van der Waals surface area contributed by atoms with E-state index in [1.54, 1.807) is 31.3 Å². The van der Waals surface area contributed by atoms with E-state index in [0.29, 0.717) is 10.7 Å². The van der Waals surface area contributed by atoms with Gasteiger partial charge in [0.15, 0.2) is 5.82 Å². The lowest BCUT2D eigenvalue weighted by molar-refractivity contribution is -0.131. The summed E-state index contributed by atoms with van der Waals surface area (Å²) in [7, 11) is 1.58. The van der Waals surface area contributed by atoms with Gasteiger partial charge in [-0.3, -0.25) is 9.32 Å². The predicted octanol–water partition coefficient (Wildman–Crippen LogP) is 2.82. The van der Waals surface area contributed by atoms with Crippen LogP contribution in [0.15, 0.2) is 51.1 Å². The Bertz CT molecular complexity index is 951. The highest BCUT2D eigenvalue weighted by atomic mass is 32.1. The summed E-state index contributed by atoms with van der Waals surface area (Å²) in [6.07, 6.45) is 0. The highest BCUT2D eigenvalue weighted by Crippen LogP contribution is 2.22. The molecule has 10 heteroatoms. The maximum atomic E-state index is 12.5. The van der Waals surface area contributed by atoms with Crippen molar-refractivity contribution in [2.45, 2.75) is 19.7 Å². The number of thiophene rings is 1. The van der Waals surface area contributed by atoms with E-state index in [-0.39, 0.29) is 24.7 Å². The van der Waals surface area contributed by atoms with Gasteiger partial charge in [-0.2, -0.15) is 8.78 Å². The minimum absolute atomic E-state index is 0.0411. The lowest BCUT2D eigenvalue weighted by Gasteiger charge is -2.17. The molecular formula is C17H15F2N3O4S. The van der Waals surface area contributed by atoms with Gasteiger partial charge in [0.1, 0.15) is 12.3 Å². The molecule has 2 aromatic heterocycles. The Hall–Kier alpha value is -3.01. The van der Waals surface area contributed by atoms with Gasteiger partial charge in [0.05, 0.1) is 4.88 Å². The zero-order valence-electron chi connectivity index (χ0n) is 14.2. The summed E-state index contributed by atoms with van der Waals surface area (Å²) >= 11 is 1.37. The predicted molar refractivity (Wildman–Crippen MR) is 93.6 cm³/mol. The van der Waals surface area contributed by atoms with E-state index < -0.39 is 12.4 Å². The smallest absolute Gasteiger partial charge is 0.435 e. The van der Waals surface area contributed by atoms with E-state index in [9.17, 15) is 18.4 Å². The minimum atomic E-state index is -2.89. The standard InChI is InChI=1S/C17H15F2N3O4S/c1-21(9-11-4-6-12(7-5-11)25-16(18)19)14(23)10-22-15(20-26-17(22)24)13-3-2-8-27-13/h2-8,16H,9-10H2,1H3. The van der Waals surface area contributed by atoms with Crippen LogP contribution in [-0.2, 0) is 17.9 Å². The number of alkyl halides is 2. The molecule has 27 heavy (non-hydrogen) atoms. The Kier molecular flexibility index (Phi) is 5.65. The average molecular weight is 395 g/mol. The van der Waals surface area contributed by atoms with Crippen molar-refractivity contribution in [3.05, 3.63) is 57.9 Å². The maximum Gasteiger partial charge on any atom is 0.442 e. The summed E-state index contributed by atoms with van der Waals surface area (Å²) in [5.41, 5.74) is 0.726. The van der Waals surface area contributed by atoms with Crippen LogP contribution in [0.5, 0.6) is 5.75 Å². The molecule has 0 unspecified atom stereocenters. The number of amides is 1. The van der Waals surface area contributed by atoms with E-state index in [4.69, 9.17) is 0 Å². The first kappa shape index (κ1) is 18.8. The van der Waals surface area contributed by atoms with Crippen LogP contribution in [0, 0.1) is 0 Å². The largest absolute Gasteiger partial charge is 0.442 e. The summed E-state index contributed by atoms with van der Waals surface area (Å²) in [6.45, 7) is -2.87. The van der Waals surface area contributed by atoms with Crippen molar-refractivity contribution in [1.82, 2.24) is 14.6 Å². The molecule has 142 valence electrons. The summed E-state index contributed by atoms with van der Waals surface area (Å²) < 4.78 is 34.5. The number of hydrogen-bond donors (Lipinski definition) is 0. The van der Waals surface area contributed by atoms with Gasteiger partial charge >= 0.3 is 12.4 Å². The number of halogens is 2. The number of benzene rings is 1. The van der Waals surface area contributed by atoms with Gasteiger partial charge < -0.3 is 9.64 Å². The quantitative estimate of drug-likeness (QED) is 0.615. The topological polar surface area (TPSA) is 77.6 Å². The summed E-state index contributed by atoms with van der Waals surface area (Å²) in [5, 5.41) is 5.56. The second-order valence-corrected chi connectivity index (χ2v) is 6.56. The third kappa shape index (κ3) is 4.59. The molecule has 0 bridgehead atoms. The molecule has 1 aromatic carbocycles. The number of aromatic nitrogens is 2. The van der Waals surface area contributed by atoms with Gasteiger partial charge in [0.25, 0.3) is 0 Å². The molecule has 7 nitrogen and oxygen atoms in total. The fourth-order valence-electron chi connectivity index (χ4n) is 2.38. The first-order valence-electron chi connectivity index (χ1n) is 7.82. The lowest BCUT2D eigenvalue weighted by Crippen LogP contribution is -2.32. The van der Waals surface area contributed by atoms with Crippen molar-refractivity contribution in [1.29, 1.82) is 0 Å². The first-order valence-corrected chi connectivity index (χ1v) is 8.70. The Balaban J connectivity index is 1.67. The van der Waals surface area contributed by atoms with Crippen molar-refractivity contribution in [2.24, 2.45) is 0 Å². The average Bonchev–Trinajstić information content (AvgIpc) is 3.27. The van der Waals surface area contributed by atoms with Crippen LogP contribution in [0.3, 0.4) is 0 Å². The van der Waals surface area contributed by atoms with Gasteiger partial charge in [-0.25, -0.2) is 9.36 Å². The number of carbonyl (C=O) groups excluding carboxylic acids is 1. The van der Waals surface area contributed by atoms with Crippen LogP contribution in [-0.4, -0.2) is 34.2 Å². The third-order valence-electron chi connectivity index (χ3n) is 3.72. The van der Waals surface area contributed by atoms with E-state index >= 15 is 0 Å². The van der Waals surface area contributed by atoms with Gasteiger partial charge in [-0.05, 0) is 29.1 Å². The molecule has 3 rings (SSSR count). The second-order valence-electron chi connectivity index (χ2n) is 5.61. The van der Waals surface area contributed by atoms with Crippen LogP contribution in [0.2, 0.25) is 0 Å². The van der Waals surface area contributed by atoms with Crippen molar-refractivity contribution < 1.29 is 22.8 Å². The Morgan fingerprint density at radius 2 is 2.07 bits per heavy atom. The molecule has 0 saturated carbocycles. The van der Waals surface area contributed by atoms with Crippen molar-refractivity contribution >= 4 is 17.2 Å². The molecule has 3 aromatic rings. The van der Waals surface area contributed by atoms with Gasteiger partial charge in [-0.15, -0.1) is 11.3 Å². The number of hydrogen-bond acceptors (Lipinski definition) is 6. The van der Waals surface area contributed by atoms with Crippen LogP contribution in [0.4, 0.5) is 8.78 Å². The summed E-state index contributed by atoms with van der Waals surface area (Å²) in [4.78, 5) is 26.5. The van der Waals surface area contributed by atoms with Crippen molar-refractivity contribution in [3.8, 4) is 16.5 Å². The molecular weight excluding hydrogens is 380 g/mol. The molecule has 0 radical (unpaired) electrons. The minimum Gasteiger partial charge on any atom is -0.435 e. The van der Waals surface area contributed by atoms with Crippen LogP contribution >= 0.6 is 11.3 Å². The molecule has 1 amide bonds. The molecule has 0 spiro atoms. The van der Waals surface area contributed by atoms with Gasteiger partial charge in [0, 0.05) is 13.6 Å². The molecule has 0 saturated heterocycles. The number of carbonyl (C=O) groups is 1.